The Morgan fingerprint density at radius 3 is 2.43 bits per heavy atom. The van der Waals surface area contributed by atoms with Gasteiger partial charge in [0.05, 0.1) is 5.56 Å². The van der Waals surface area contributed by atoms with Crippen LogP contribution in [0, 0.1) is 13.8 Å². The van der Waals surface area contributed by atoms with Crippen molar-refractivity contribution in [2.75, 3.05) is 13.1 Å². The molecule has 23 heavy (non-hydrogen) atoms. The zero-order valence-electron chi connectivity index (χ0n) is 13.4. The topological polar surface area (TPSA) is 63.1 Å². The van der Waals surface area contributed by atoms with Crippen molar-refractivity contribution < 1.29 is 9.59 Å². The highest BCUT2D eigenvalue weighted by atomic mass is 16.2. The van der Waals surface area contributed by atoms with Gasteiger partial charge in [-0.25, -0.2) is 0 Å². The van der Waals surface area contributed by atoms with E-state index in [0.717, 1.165) is 17.1 Å². The molecule has 0 saturated carbocycles. The molecule has 0 radical (unpaired) electrons. The van der Waals surface area contributed by atoms with Gasteiger partial charge in [0.25, 0.3) is 5.91 Å². The van der Waals surface area contributed by atoms with Crippen LogP contribution in [-0.4, -0.2) is 29.5 Å². The molecule has 0 atom stereocenters. The molecule has 0 saturated heterocycles. The van der Waals surface area contributed by atoms with Gasteiger partial charge in [0.1, 0.15) is 0 Å². The van der Waals surface area contributed by atoms with E-state index < -0.39 is 0 Å². The lowest BCUT2D eigenvalue weighted by Crippen LogP contribution is -2.34. The van der Waals surface area contributed by atoms with E-state index in [0.29, 0.717) is 18.7 Å². The highest BCUT2D eigenvalue weighted by Gasteiger charge is 2.16. The lowest BCUT2D eigenvalue weighted by Gasteiger charge is -2.10. The maximum Gasteiger partial charge on any atom is 0.253 e. The minimum absolute atomic E-state index is 0.145. The van der Waals surface area contributed by atoms with Gasteiger partial charge in [-0.1, -0.05) is 24.8 Å². The molecule has 0 aliphatic carbocycles. The van der Waals surface area contributed by atoms with Crippen molar-refractivity contribution in [1.29, 1.82) is 0 Å². The Bertz CT molecular complexity index is 717. The zero-order chi connectivity index (χ0) is 16.8. The molecule has 120 valence electrons. The summed E-state index contributed by atoms with van der Waals surface area (Å²) < 4.78 is 2.05. The first-order valence-corrected chi connectivity index (χ1v) is 7.47. The first-order valence-electron chi connectivity index (χ1n) is 7.47. The second-order valence-corrected chi connectivity index (χ2v) is 5.21. The number of nitrogens with one attached hydrogen (secondary N) is 2. The van der Waals surface area contributed by atoms with Gasteiger partial charge in [-0.2, -0.15) is 0 Å². The van der Waals surface area contributed by atoms with E-state index in [-0.39, 0.29) is 11.8 Å². The molecule has 0 aliphatic heterocycles. The third-order valence-electron chi connectivity index (χ3n) is 3.59. The molecule has 2 aromatic rings. The highest BCUT2D eigenvalue weighted by molar-refractivity contribution is 5.96. The number of carbonyl (C=O) groups is 2. The minimum Gasteiger partial charge on any atom is -0.351 e. The Morgan fingerprint density at radius 1 is 1.13 bits per heavy atom. The molecule has 1 aromatic carbocycles. The van der Waals surface area contributed by atoms with E-state index in [9.17, 15) is 9.59 Å². The molecule has 1 heterocycles. The minimum atomic E-state index is -0.249. The van der Waals surface area contributed by atoms with Crippen LogP contribution in [0.5, 0.6) is 0 Å². The van der Waals surface area contributed by atoms with Gasteiger partial charge in [-0.05, 0) is 38.1 Å². The molecule has 0 bridgehead atoms. The summed E-state index contributed by atoms with van der Waals surface area (Å²) in [5.74, 6) is -0.394. The second kappa shape index (κ2) is 7.45. The molecule has 2 rings (SSSR count). The van der Waals surface area contributed by atoms with Gasteiger partial charge < -0.3 is 15.2 Å². The quantitative estimate of drug-likeness (QED) is 0.634. The number of nitrogens with zero attached hydrogens (tertiary/aromatic N) is 1. The Morgan fingerprint density at radius 2 is 1.78 bits per heavy atom. The molecule has 0 spiro atoms. The van der Waals surface area contributed by atoms with E-state index in [1.165, 1.54) is 6.08 Å². The largest absolute Gasteiger partial charge is 0.351 e. The van der Waals surface area contributed by atoms with Crippen molar-refractivity contribution in [3.05, 3.63) is 66.0 Å². The lowest BCUT2D eigenvalue weighted by atomic mass is 10.2. The summed E-state index contributed by atoms with van der Waals surface area (Å²) in [7, 11) is 0. The van der Waals surface area contributed by atoms with Crippen molar-refractivity contribution in [3.8, 4) is 5.69 Å². The molecule has 2 amide bonds. The predicted molar refractivity (Wildman–Crippen MR) is 90.8 cm³/mol. The Balaban J connectivity index is 2.07. The maximum absolute atomic E-state index is 12.3. The normalized spacial score (nSPS) is 10.2. The Labute approximate surface area is 136 Å². The number of amides is 2. The fourth-order valence-corrected chi connectivity index (χ4v) is 2.50. The number of hydrogen-bond acceptors (Lipinski definition) is 2. The summed E-state index contributed by atoms with van der Waals surface area (Å²) in [6.45, 7) is 8.01. The van der Waals surface area contributed by atoms with Crippen molar-refractivity contribution in [1.82, 2.24) is 15.2 Å². The third-order valence-corrected chi connectivity index (χ3v) is 3.59. The molecule has 0 fully saturated rings. The van der Waals surface area contributed by atoms with Crippen LogP contribution < -0.4 is 10.6 Å². The molecule has 0 unspecified atom stereocenters. The number of rotatable bonds is 6. The summed E-state index contributed by atoms with van der Waals surface area (Å²) in [4.78, 5) is 23.4. The average molecular weight is 311 g/mol. The van der Waals surface area contributed by atoms with E-state index in [1.54, 1.807) is 0 Å². The van der Waals surface area contributed by atoms with E-state index >= 15 is 0 Å². The number of aromatic nitrogens is 1. The summed E-state index contributed by atoms with van der Waals surface area (Å²) in [6.07, 6.45) is 1.20. The summed E-state index contributed by atoms with van der Waals surface area (Å²) >= 11 is 0. The number of para-hydroxylation sites is 1. The number of carbonyl (C=O) groups excluding carboxylic acids is 2. The monoisotopic (exact) mass is 311 g/mol. The standard InChI is InChI=1S/C18H21N3O2/c1-4-17(22)19-10-11-20-18(23)16-12-13(2)21(14(16)3)15-8-6-5-7-9-15/h4-9,12H,1,10-11H2,2-3H3,(H,19,22)(H,20,23). The molecular formula is C18H21N3O2. The van der Waals surface area contributed by atoms with Crippen molar-refractivity contribution in [2.24, 2.45) is 0 Å². The SMILES string of the molecule is C=CC(=O)NCCNC(=O)c1cc(C)n(-c2ccccc2)c1C. The van der Waals surface area contributed by atoms with Gasteiger partial charge >= 0.3 is 0 Å². The average Bonchev–Trinajstić information content (AvgIpc) is 2.86. The Kier molecular flexibility index (Phi) is 5.36. The molecule has 5 heteroatoms. The third kappa shape index (κ3) is 3.88. The van der Waals surface area contributed by atoms with E-state index in [4.69, 9.17) is 0 Å². The summed E-state index contributed by atoms with van der Waals surface area (Å²) in [6, 6.07) is 11.8. The summed E-state index contributed by atoms with van der Waals surface area (Å²) in [5, 5.41) is 5.43. The predicted octanol–water partition coefficient (Wildman–Crippen LogP) is 2.13. The zero-order valence-corrected chi connectivity index (χ0v) is 13.4. The molecule has 0 aliphatic rings. The Hall–Kier alpha value is -2.82. The molecule has 2 N–H and O–H groups in total. The van der Waals surface area contributed by atoms with Crippen molar-refractivity contribution in [2.45, 2.75) is 13.8 Å². The van der Waals surface area contributed by atoms with Gasteiger partial charge in [-0.15, -0.1) is 0 Å². The van der Waals surface area contributed by atoms with Crippen LogP contribution in [0.4, 0.5) is 0 Å². The molecular weight excluding hydrogens is 290 g/mol. The number of benzene rings is 1. The van der Waals surface area contributed by atoms with Crippen LogP contribution in [0.1, 0.15) is 21.7 Å². The van der Waals surface area contributed by atoms with Gasteiger partial charge in [0.15, 0.2) is 0 Å². The highest BCUT2D eigenvalue weighted by Crippen LogP contribution is 2.20. The van der Waals surface area contributed by atoms with Crippen molar-refractivity contribution >= 4 is 11.8 Å². The van der Waals surface area contributed by atoms with Crippen LogP contribution >= 0.6 is 0 Å². The number of aryl methyl sites for hydroxylation is 1. The molecule has 5 nitrogen and oxygen atoms in total. The van der Waals surface area contributed by atoms with E-state index in [1.807, 2.05) is 50.2 Å². The van der Waals surface area contributed by atoms with E-state index in [2.05, 4.69) is 21.8 Å². The first kappa shape index (κ1) is 16.5. The first-order chi connectivity index (χ1) is 11.0. The number of hydrogen-bond donors (Lipinski definition) is 2. The van der Waals surface area contributed by atoms with Gasteiger partial charge in [-0.3, -0.25) is 9.59 Å². The second-order valence-electron chi connectivity index (χ2n) is 5.21. The van der Waals surface area contributed by atoms with Crippen molar-refractivity contribution in [3.63, 3.8) is 0 Å². The van der Waals surface area contributed by atoms with Crippen LogP contribution in [0.2, 0.25) is 0 Å². The molecule has 1 aromatic heterocycles. The summed E-state index contributed by atoms with van der Waals surface area (Å²) in [5.41, 5.74) is 3.56. The fraction of sp³-hybridized carbons (Fsp3) is 0.222. The van der Waals surface area contributed by atoms with Crippen LogP contribution in [0.3, 0.4) is 0 Å². The van der Waals surface area contributed by atoms with Crippen LogP contribution in [-0.2, 0) is 4.79 Å². The van der Waals surface area contributed by atoms with Gasteiger partial charge in [0, 0.05) is 30.2 Å². The van der Waals surface area contributed by atoms with Crippen LogP contribution in [0.15, 0.2) is 49.1 Å². The van der Waals surface area contributed by atoms with Gasteiger partial charge in [0.2, 0.25) is 5.91 Å². The van der Waals surface area contributed by atoms with Crippen LogP contribution in [0.25, 0.3) is 5.69 Å². The smallest absolute Gasteiger partial charge is 0.253 e. The maximum atomic E-state index is 12.3. The fourth-order valence-electron chi connectivity index (χ4n) is 2.50. The lowest BCUT2D eigenvalue weighted by molar-refractivity contribution is -0.116.